The van der Waals surface area contributed by atoms with Gasteiger partial charge >= 0.3 is 0 Å². The van der Waals surface area contributed by atoms with Gasteiger partial charge in [0.05, 0.1) is 6.10 Å². The van der Waals surface area contributed by atoms with Crippen molar-refractivity contribution in [3.63, 3.8) is 0 Å². The van der Waals surface area contributed by atoms with Gasteiger partial charge in [-0.15, -0.1) is 0 Å². The lowest BCUT2D eigenvalue weighted by atomic mass is 9.93. The van der Waals surface area contributed by atoms with Crippen LogP contribution < -0.4 is 0 Å². The second-order valence-corrected chi connectivity index (χ2v) is 5.31. The van der Waals surface area contributed by atoms with Crippen LogP contribution >= 0.6 is 0 Å². The summed E-state index contributed by atoms with van der Waals surface area (Å²) in [7, 11) is 0. The number of carbonyl (C=O) groups is 1. The van der Waals surface area contributed by atoms with Gasteiger partial charge in [0.15, 0.2) is 0 Å². The minimum atomic E-state index is 0.159. The van der Waals surface area contributed by atoms with Crippen LogP contribution in [0, 0.1) is 5.92 Å². The highest BCUT2D eigenvalue weighted by Crippen LogP contribution is 2.23. The van der Waals surface area contributed by atoms with Crippen LogP contribution in [-0.2, 0) is 9.53 Å². The molecule has 0 N–H and O–H groups in total. The fraction of sp³-hybridized carbons (Fsp3) is 0.933. The number of Topliss-reactive ketones (excluding diaryl/α,β-unsaturated/α-hetero) is 1. The van der Waals surface area contributed by atoms with Gasteiger partial charge in [0, 0.05) is 18.9 Å². The number of ether oxygens (including phenoxy) is 1. The van der Waals surface area contributed by atoms with Crippen LogP contribution in [0.3, 0.4) is 0 Å². The van der Waals surface area contributed by atoms with Crippen molar-refractivity contribution in [2.24, 2.45) is 5.92 Å². The molecule has 0 aromatic heterocycles. The van der Waals surface area contributed by atoms with Crippen molar-refractivity contribution in [1.82, 2.24) is 0 Å². The standard InChI is InChI=1S/C15H28O2/c1-3-4-5-6-7-8-9-10-15(16)14-11-12-17-13(14)2/h13-14H,3-12H2,1-2H3. The number of hydrogen-bond donors (Lipinski definition) is 0. The monoisotopic (exact) mass is 240 g/mol. The molecule has 1 fully saturated rings. The third kappa shape index (κ3) is 5.67. The first kappa shape index (κ1) is 14.7. The van der Waals surface area contributed by atoms with Crippen LogP contribution in [0.5, 0.6) is 0 Å². The number of hydrogen-bond acceptors (Lipinski definition) is 2. The Kier molecular flexibility index (Phi) is 7.50. The summed E-state index contributed by atoms with van der Waals surface area (Å²) in [5, 5.41) is 0. The number of ketones is 1. The molecule has 1 saturated heterocycles. The highest BCUT2D eigenvalue weighted by molar-refractivity contribution is 5.81. The highest BCUT2D eigenvalue weighted by Gasteiger charge is 2.29. The summed E-state index contributed by atoms with van der Waals surface area (Å²) in [6, 6.07) is 0. The summed E-state index contributed by atoms with van der Waals surface area (Å²) in [5.41, 5.74) is 0. The number of unbranched alkanes of at least 4 members (excludes halogenated alkanes) is 6. The van der Waals surface area contributed by atoms with Gasteiger partial charge in [0.2, 0.25) is 0 Å². The van der Waals surface area contributed by atoms with Crippen LogP contribution in [0.2, 0.25) is 0 Å². The molecule has 2 unspecified atom stereocenters. The smallest absolute Gasteiger partial charge is 0.138 e. The maximum absolute atomic E-state index is 11.9. The van der Waals surface area contributed by atoms with Crippen LogP contribution in [0.15, 0.2) is 0 Å². The van der Waals surface area contributed by atoms with Crippen molar-refractivity contribution in [2.45, 2.75) is 77.7 Å². The molecular weight excluding hydrogens is 212 g/mol. The van der Waals surface area contributed by atoms with E-state index >= 15 is 0 Å². The number of carbonyl (C=O) groups excluding carboxylic acids is 1. The lowest BCUT2D eigenvalue weighted by molar-refractivity contribution is -0.124. The highest BCUT2D eigenvalue weighted by atomic mass is 16.5. The first-order chi connectivity index (χ1) is 8.25. The summed E-state index contributed by atoms with van der Waals surface area (Å²) >= 11 is 0. The molecule has 1 heterocycles. The Balaban J connectivity index is 1.97. The first-order valence-corrected chi connectivity index (χ1v) is 7.40. The van der Waals surface area contributed by atoms with Gasteiger partial charge in [-0.1, -0.05) is 45.4 Å². The van der Waals surface area contributed by atoms with Crippen LogP contribution in [-0.4, -0.2) is 18.5 Å². The third-order valence-corrected chi connectivity index (χ3v) is 3.82. The lowest BCUT2D eigenvalue weighted by Gasteiger charge is -2.12. The molecule has 0 amide bonds. The van der Waals surface area contributed by atoms with Crippen molar-refractivity contribution in [2.75, 3.05) is 6.61 Å². The second-order valence-electron chi connectivity index (χ2n) is 5.31. The molecule has 0 bridgehead atoms. The topological polar surface area (TPSA) is 26.3 Å². The van der Waals surface area contributed by atoms with E-state index in [-0.39, 0.29) is 12.0 Å². The lowest BCUT2D eigenvalue weighted by Crippen LogP contribution is -2.21. The van der Waals surface area contributed by atoms with E-state index in [0.29, 0.717) is 5.78 Å². The fourth-order valence-electron chi connectivity index (χ4n) is 2.60. The van der Waals surface area contributed by atoms with Crippen LogP contribution in [0.25, 0.3) is 0 Å². The SMILES string of the molecule is CCCCCCCCCC(=O)C1CCOC1C. The van der Waals surface area contributed by atoms with Crippen molar-refractivity contribution >= 4 is 5.78 Å². The predicted octanol–water partition coefficient (Wildman–Crippen LogP) is 4.12. The average Bonchev–Trinajstić information content (AvgIpc) is 2.74. The quantitative estimate of drug-likeness (QED) is 0.567. The molecule has 2 heteroatoms. The normalized spacial score (nSPS) is 24.1. The van der Waals surface area contributed by atoms with E-state index in [4.69, 9.17) is 4.74 Å². The molecule has 0 saturated carbocycles. The predicted molar refractivity (Wildman–Crippen MR) is 71.1 cm³/mol. The summed E-state index contributed by atoms with van der Waals surface area (Å²) in [5.74, 6) is 0.624. The van der Waals surface area contributed by atoms with Gasteiger partial charge in [0.25, 0.3) is 0 Å². The summed E-state index contributed by atoms with van der Waals surface area (Å²) in [4.78, 5) is 11.9. The van der Waals surface area contributed by atoms with Crippen molar-refractivity contribution in [3.8, 4) is 0 Å². The molecule has 0 aliphatic carbocycles. The zero-order valence-electron chi connectivity index (χ0n) is 11.5. The second kappa shape index (κ2) is 8.68. The average molecular weight is 240 g/mol. The summed E-state index contributed by atoms with van der Waals surface area (Å²) in [6.45, 7) is 5.04. The van der Waals surface area contributed by atoms with Gasteiger partial charge in [-0.05, 0) is 19.8 Å². The molecule has 2 nitrogen and oxygen atoms in total. The largest absolute Gasteiger partial charge is 0.378 e. The van der Waals surface area contributed by atoms with Crippen molar-refractivity contribution in [3.05, 3.63) is 0 Å². The van der Waals surface area contributed by atoms with E-state index < -0.39 is 0 Å². The Morgan fingerprint density at radius 2 is 1.76 bits per heavy atom. The number of rotatable bonds is 9. The Hall–Kier alpha value is -0.370. The van der Waals surface area contributed by atoms with E-state index in [0.717, 1.165) is 25.9 Å². The summed E-state index contributed by atoms with van der Waals surface area (Å²) in [6.07, 6.45) is 10.8. The Morgan fingerprint density at radius 1 is 1.12 bits per heavy atom. The van der Waals surface area contributed by atoms with Crippen LogP contribution in [0.4, 0.5) is 0 Å². The van der Waals surface area contributed by atoms with Gasteiger partial charge < -0.3 is 4.74 Å². The maximum Gasteiger partial charge on any atom is 0.138 e. The first-order valence-electron chi connectivity index (χ1n) is 7.40. The zero-order chi connectivity index (χ0) is 12.5. The van der Waals surface area contributed by atoms with Gasteiger partial charge in [-0.2, -0.15) is 0 Å². The Morgan fingerprint density at radius 3 is 2.35 bits per heavy atom. The van der Waals surface area contributed by atoms with Gasteiger partial charge in [-0.25, -0.2) is 0 Å². The fourth-order valence-corrected chi connectivity index (χ4v) is 2.60. The van der Waals surface area contributed by atoms with Gasteiger partial charge in [-0.3, -0.25) is 4.79 Å². The van der Waals surface area contributed by atoms with Crippen molar-refractivity contribution < 1.29 is 9.53 Å². The van der Waals surface area contributed by atoms with E-state index in [2.05, 4.69) is 6.92 Å². The molecule has 2 atom stereocenters. The molecule has 17 heavy (non-hydrogen) atoms. The van der Waals surface area contributed by atoms with E-state index in [9.17, 15) is 4.79 Å². The van der Waals surface area contributed by atoms with E-state index in [1.807, 2.05) is 6.92 Å². The third-order valence-electron chi connectivity index (χ3n) is 3.82. The van der Waals surface area contributed by atoms with Gasteiger partial charge in [0.1, 0.15) is 5.78 Å². The molecule has 0 aromatic rings. The Labute approximate surface area is 106 Å². The van der Waals surface area contributed by atoms with E-state index in [1.54, 1.807) is 0 Å². The van der Waals surface area contributed by atoms with Crippen LogP contribution in [0.1, 0.15) is 71.6 Å². The van der Waals surface area contributed by atoms with Crippen molar-refractivity contribution in [1.29, 1.82) is 0 Å². The molecule has 0 aromatic carbocycles. The minimum Gasteiger partial charge on any atom is -0.378 e. The minimum absolute atomic E-state index is 0.159. The molecular formula is C15H28O2. The van der Waals surface area contributed by atoms with E-state index in [1.165, 1.54) is 38.5 Å². The maximum atomic E-state index is 11.9. The Bertz CT molecular complexity index is 213. The molecule has 1 aliphatic rings. The molecule has 100 valence electrons. The molecule has 1 aliphatic heterocycles. The zero-order valence-corrected chi connectivity index (χ0v) is 11.5. The molecule has 0 spiro atoms. The molecule has 1 rings (SSSR count). The summed E-state index contributed by atoms with van der Waals surface area (Å²) < 4.78 is 5.44. The molecule has 0 radical (unpaired) electrons.